The fourth-order valence-corrected chi connectivity index (χ4v) is 1.73. The van der Waals surface area contributed by atoms with E-state index in [1.54, 1.807) is 24.1 Å². The highest BCUT2D eigenvalue weighted by Gasteiger charge is 2.06. The van der Waals surface area contributed by atoms with Gasteiger partial charge in [-0.15, -0.1) is 0 Å². The van der Waals surface area contributed by atoms with Gasteiger partial charge < -0.3 is 10.2 Å². The first-order chi connectivity index (χ1) is 10.5. The summed E-state index contributed by atoms with van der Waals surface area (Å²) >= 11 is 0. The van der Waals surface area contributed by atoms with E-state index in [0.29, 0.717) is 17.3 Å². The molecule has 2 heterocycles. The van der Waals surface area contributed by atoms with Gasteiger partial charge >= 0.3 is 0 Å². The Morgan fingerprint density at radius 2 is 2.14 bits per heavy atom. The first-order valence-electron chi connectivity index (χ1n) is 6.75. The molecular formula is C14H18N6O2. The average Bonchev–Trinajstić information content (AvgIpc) is 2.48. The number of hydrogen-bond acceptors (Lipinski definition) is 6. The maximum atomic E-state index is 11.9. The molecule has 1 amide bonds. The third kappa shape index (κ3) is 4.11. The number of amides is 1. The van der Waals surface area contributed by atoms with E-state index in [9.17, 15) is 9.59 Å². The van der Waals surface area contributed by atoms with Crippen LogP contribution in [0.4, 0.5) is 5.95 Å². The molecule has 0 atom stereocenters. The van der Waals surface area contributed by atoms with Gasteiger partial charge in [-0.05, 0) is 13.0 Å². The van der Waals surface area contributed by atoms with Gasteiger partial charge in [0.2, 0.25) is 11.9 Å². The van der Waals surface area contributed by atoms with Crippen LogP contribution in [0.2, 0.25) is 0 Å². The molecule has 0 aliphatic heterocycles. The predicted octanol–water partition coefficient (Wildman–Crippen LogP) is -0.276. The zero-order chi connectivity index (χ0) is 16.1. The number of carbonyl (C=O) groups is 1. The van der Waals surface area contributed by atoms with Gasteiger partial charge in [0.15, 0.2) is 0 Å². The summed E-state index contributed by atoms with van der Waals surface area (Å²) in [6, 6.07) is 3.12. The van der Waals surface area contributed by atoms with Gasteiger partial charge in [0.05, 0.1) is 18.6 Å². The molecular weight excluding hydrogens is 284 g/mol. The normalized spacial score (nSPS) is 10.3. The summed E-state index contributed by atoms with van der Waals surface area (Å²) in [6.45, 7) is 1.93. The number of anilines is 1. The van der Waals surface area contributed by atoms with Gasteiger partial charge in [-0.1, -0.05) is 0 Å². The van der Waals surface area contributed by atoms with E-state index in [1.807, 2.05) is 14.1 Å². The second-order valence-electron chi connectivity index (χ2n) is 5.02. The fraction of sp³-hybridized carbons (Fsp3) is 0.357. The second-order valence-corrected chi connectivity index (χ2v) is 5.02. The number of carbonyl (C=O) groups excluding carboxylic acids is 1. The molecule has 0 spiro atoms. The highest BCUT2D eigenvalue weighted by molar-refractivity contribution is 5.75. The van der Waals surface area contributed by atoms with E-state index >= 15 is 0 Å². The van der Waals surface area contributed by atoms with Crippen LogP contribution in [0.15, 0.2) is 29.5 Å². The fourth-order valence-electron chi connectivity index (χ4n) is 1.73. The van der Waals surface area contributed by atoms with E-state index in [1.165, 1.54) is 17.0 Å². The Balaban J connectivity index is 1.95. The lowest BCUT2D eigenvalue weighted by Gasteiger charge is -2.11. The quantitative estimate of drug-likeness (QED) is 0.817. The molecule has 0 aliphatic rings. The van der Waals surface area contributed by atoms with Gasteiger partial charge in [0.1, 0.15) is 6.54 Å². The van der Waals surface area contributed by atoms with Crippen LogP contribution in [0.5, 0.6) is 0 Å². The van der Waals surface area contributed by atoms with Crippen molar-refractivity contribution in [1.82, 2.24) is 24.8 Å². The van der Waals surface area contributed by atoms with E-state index in [2.05, 4.69) is 20.3 Å². The molecule has 2 aromatic heterocycles. The molecule has 2 rings (SSSR count). The maximum absolute atomic E-state index is 11.9. The van der Waals surface area contributed by atoms with Crippen LogP contribution in [-0.4, -0.2) is 39.5 Å². The Morgan fingerprint density at radius 1 is 1.36 bits per heavy atom. The zero-order valence-electron chi connectivity index (χ0n) is 12.8. The average molecular weight is 302 g/mol. The van der Waals surface area contributed by atoms with Crippen LogP contribution in [0.1, 0.15) is 11.4 Å². The molecule has 0 bridgehead atoms. The molecule has 116 valence electrons. The summed E-state index contributed by atoms with van der Waals surface area (Å²) in [4.78, 5) is 37.8. The molecule has 0 saturated heterocycles. The summed E-state index contributed by atoms with van der Waals surface area (Å²) in [5.74, 6) is 0.295. The van der Waals surface area contributed by atoms with Gasteiger partial charge in [-0.25, -0.2) is 15.0 Å². The number of rotatable bonds is 5. The van der Waals surface area contributed by atoms with Crippen molar-refractivity contribution < 1.29 is 4.79 Å². The van der Waals surface area contributed by atoms with E-state index in [-0.39, 0.29) is 24.6 Å². The summed E-state index contributed by atoms with van der Waals surface area (Å²) < 4.78 is 1.26. The van der Waals surface area contributed by atoms with Crippen molar-refractivity contribution in [3.05, 3.63) is 46.4 Å². The SMILES string of the molecule is Cc1cc(=O)n(CC(=O)NCc2ccnc(N(C)C)n2)cn1. The molecule has 0 unspecified atom stereocenters. The molecule has 0 fully saturated rings. The molecule has 22 heavy (non-hydrogen) atoms. The highest BCUT2D eigenvalue weighted by Crippen LogP contribution is 2.03. The third-order valence-electron chi connectivity index (χ3n) is 2.90. The minimum Gasteiger partial charge on any atom is -0.349 e. The summed E-state index contributed by atoms with van der Waals surface area (Å²) in [5, 5.41) is 2.72. The summed E-state index contributed by atoms with van der Waals surface area (Å²) in [7, 11) is 3.68. The largest absolute Gasteiger partial charge is 0.349 e. The first kappa shape index (κ1) is 15.6. The molecule has 0 aliphatic carbocycles. The van der Waals surface area contributed by atoms with Crippen molar-refractivity contribution in [3.8, 4) is 0 Å². The molecule has 8 heteroatoms. The number of aryl methyl sites for hydroxylation is 1. The summed E-state index contributed by atoms with van der Waals surface area (Å²) in [6.07, 6.45) is 3.00. The number of nitrogens with zero attached hydrogens (tertiary/aromatic N) is 5. The minimum atomic E-state index is -0.280. The summed E-state index contributed by atoms with van der Waals surface area (Å²) in [5.41, 5.74) is 1.07. The molecule has 8 nitrogen and oxygen atoms in total. The van der Waals surface area contributed by atoms with Crippen LogP contribution < -0.4 is 15.8 Å². The smallest absolute Gasteiger partial charge is 0.253 e. The van der Waals surface area contributed by atoms with Crippen molar-refractivity contribution in [2.24, 2.45) is 0 Å². The third-order valence-corrected chi connectivity index (χ3v) is 2.90. The second kappa shape index (κ2) is 6.79. The number of hydrogen-bond donors (Lipinski definition) is 1. The first-order valence-corrected chi connectivity index (χ1v) is 6.75. The standard InChI is InChI=1S/C14H18N6O2/c1-10-6-13(22)20(9-17-10)8-12(21)16-7-11-4-5-15-14(18-11)19(2)3/h4-6,9H,7-8H2,1-3H3,(H,16,21). The van der Waals surface area contributed by atoms with Gasteiger partial charge in [-0.3, -0.25) is 14.2 Å². The topological polar surface area (TPSA) is 93.0 Å². The van der Waals surface area contributed by atoms with Crippen molar-refractivity contribution >= 4 is 11.9 Å². The highest BCUT2D eigenvalue weighted by atomic mass is 16.2. The monoisotopic (exact) mass is 302 g/mol. The Bertz CT molecular complexity index is 725. The van der Waals surface area contributed by atoms with Crippen molar-refractivity contribution in [3.63, 3.8) is 0 Å². The Kier molecular flexibility index (Phi) is 4.82. The van der Waals surface area contributed by atoms with Crippen molar-refractivity contribution in [2.75, 3.05) is 19.0 Å². The number of nitrogens with one attached hydrogen (secondary N) is 1. The lowest BCUT2D eigenvalue weighted by Crippen LogP contribution is -2.32. The van der Waals surface area contributed by atoms with Crippen molar-refractivity contribution in [1.29, 1.82) is 0 Å². The Morgan fingerprint density at radius 3 is 2.82 bits per heavy atom. The molecule has 0 aromatic carbocycles. The van der Waals surface area contributed by atoms with Gasteiger partial charge in [0.25, 0.3) is 5.56 Å². The van der Waals surface area contributed by atoms with E-state index in [0.717, 1.165) is 0 Å². The lowest BCUT2D eigenvalue weighted by atomic mass is 10.4. The van der Waals surface area contributed by atoms with Crippen molar-refractivity contribution in [2.45, 2.75) is 20.0 Å². The molecule has 0 radical (unpaired) electrons. The van der Waals surface area contributed by atoms with E-state index in [4.69, 9.17) is 0 Å². The number of aromatic nitrogens is 4. The zero-order valence-corrected chi connectivity index (χ0v) is 12.8. The van der Waals surface area contributed by atoms with Crippen LogP contribution in [0, 0.1) is 6.92 Å². The Labute approximate surface area is 127 Å². The maximum Gasteiger partial charge on any atom is 0.253 e. The molecule has 1 N–H and O–H groups in total. The molecule has 0 saturated carbocycles. The van der Waals surface area contributed by atoms with Crippen LogP contribution in [-0.2, 0) is 17.9 Å². The van der Waals surface area contributed by atoms with Crippen LogP contribution in [0.3, 0.4) is 0 Å². The van der Waals surface area contributed by atoms with Crippen LogP contribution >= 0.6 is 0 Å². The van der Waals surface area contributed by atoms with Gasteiger partial charge in [0, 0.05) is 32.1 Å². The van der Waals surface area contributed by atoms with Crippen LogP contribution in [0.25, 0.3) is 0 Å². The predicted molar refractivity (Wildman–Crippen MR) is 81.4 cm³/mol. The minimum absolute atomic E-state index is 0.0717. The Hall–Kier alpha value is -2.77. The van der Waals surface area contributed by atoms with E-state index < -0.39 is 0 Å². The van der Waals surface area contributed by atoms with Gasteiger partial charge in [-0.2, -0.15) is 0 Å². The molecule has 2 aromatic rings. The lowest BCUT2D eigenvalue weighted by molar-refractivity contribution is -0.121.